The molecular weight excluding hydrogens is 385 g/mol. The highest BCUT2D eigenvalue weighted by atomic mass is 32.2. The maximum Gasteiger partial charge on any atom is 0.243 e. The van der Waals surface area contributed by atoms with E-state index in [9.17, 15) is 12.8 Å². The van der Waals surface area contributed by atoms with E-state index in [2.05, 4.69) is 24.4 Å². The van der Waals surface area contributed by atoms with Crippen LogP contribution in [0.2, 0.25) is 0 Å². The molecule has 1 N–H and O–H groups in total. The van der Waals surface area contributed by atoms with E-state index in [1.807, 2.05) is 17.0 Å². The Morgan fingerprint density at radius 3 is 2.37 bits per heavy atom. The van der Waals surface area contributed by atoms with Gasteiger partial charge in [0.05, 0.1) is 4.90 Å². The van der Waals surface area contributed by atoms with Crippen molar-refractivity contribution < 1.29 is 12.8 Å². The van der Waals surface area contributed by atoms with Crippen LogP contribution in [0.3, 0.4) is 0 Å². The Morgan fingerprint density at radius 2 is 1.78 bits per heavy atom. The van der Waals surface area contributed by atoms with Gasteiger partial charge in [-0.1, -0.05) is 25.1 Å². The Balaban J connectivity index is 1.60. The number of nitrogens with one attached hydrogen (secondary N) is 1. The van der Waals surface area contributed by atoms with Crippen molar-refractivity contribution in [1.82, 2.24) is 9.21 Å². The zero-order valence-electron chi connectivity index (χ0n) is 15.1. The summed E-state index contributed by atoms with van der Waals surface area (Å²) in [6.45, 7) is 3.66. The number of rotatable bonds is 4. The Kier molecular flexibility index (Phi) is 6.08. The third-order valence-corrected chi connectivity index (χ3v) is 6.83. The minimum Gasteiger partial charge on any atom is -0.346 e. The number of aryl methyl sites for hydroxylation is 1. The summed E-state index contributed by atoms with van der Waals surface area (Å²) in [4.78, 5) is 1.92. The highest BCUT2D eigenvalue weighted by molar-refractivity contribution is 7.89. The third-order valence-electron chi connectivity index (χ3n) is 4.57. The Bertz CT molecular complexity index is 909. The summed E-state index contributed by atoms with van der Waals surface area (Å²) in [5.74, 6) is -0.561. The number of benzene rings is 2. The summed E-state index contributed by atoms with van der Waals surface area (Å²) < 4.78 is 40.1. The molecule has 0 saturated carbocycles. The predicted molar refractivity (Wildman–Crippen MR) is 109 cm³/mol. The number of halogens is 1. The van der Waals surface area contributed by atoms with Gasteiger partial charge in [0.15, 0.2) is 5.11 Å². The molecule has 3 rings (SSSR count). The van der Waals surface area contributed by atoms with Gasteiger partial charge in [0.25, 0.3) is 0 Å². The lowest BCUT2D eigenvalue weighted by Crippen LogP contribution is -2.51. The molecule has 0 bridgehead atoms. The highest BCUT2D eigenvalue weighted by Crippen LogP contribution is 2.19. The molecule has 0 unspecified atom stereocenters. The lowest BCUT2D eigenvalue weighted by atomic mass is 10.1. The molecule has 144 valence electrons. The van der Waals surface area contributed by atoms with Crippen LogP contribution in [-0.4, -0.2) is 48.9 Å². The summed E-state index contributed by atoms with van der Waals surface area (Å²) in [5, 5.41) is 3.77. The number of hydrogen-bond acceptors (Lipinski definition) is 3. The number of nitrogens with zero attached hydrogens (tertiary/aromatic N) is 2. The second-order valence-electron chi connectivity index (χ2n) is 6.33. The van der Waals surface area contributed by atoms with Crippen LogP contribution in [0.15, 0.2) is 53.4 Å². The molecule has 0 spiro atoms. The number of sulfonamides is 1. The predicted octanol–water partition coefficient (Wildman–Crippen LogP) is 3.09. The fourth-order valence-electron chi connectivity index (χ4n) is 2.93. The van der Waals surface area contributed by atoms with Crippen molar-refractivity contribution in [1.29, 1.82) is 0 Å². The molecule has 8 heteroatoms. The molecule has 2 aromatic carbocycles. The van der Waals surface area contributed by atoms with Gasteiger partial charge in [0.1, 0.15) is 5.82 Å². The molecule has 1 fully saturated rings. The minimum absolute atomic E-state index is 0.0207. The van der Waals surface area contributed by atoms with Crippen LogP contribution in [0.25, 0.3) is 0 Å². The first-order valence-electron chi connectivity index (χ1n) is 8.81. The van der Waals surface area contributed by atoms with Crippen LogP contribution >= 0.6 is 12.2 Å². The molecule has 0 radical (unpaired) electrons. The molecule has 27 heavy (non-hydrogen) atoms. The number of thiocarbonyl (C=S) groups is 1. The minimum atomic E-state index is -3.70. The quantitative estimate of drug-likeness (QED) is 0.790. The van der Waals surface area contributed by atoms with Crippen LogP contribution in [0, 0.1) is 5.82 Å². The summed E-state index contributed by atoms with van der Waals surface area (Å²) in [7, 11) is -3.70. The maximum absolute atomic E-state index is 13.4. The van der Waals surface area contributed by atoms with Crippen LogP contribution in [0.1, 0.15) is 12.5 Å². The standard InChI is InChI=1S/C19H22FN3O2S2/c1-2-15-6-8-17(9-7-15)21-19(26)22-10-12-23(13-11-22)27(24,25)18-5-3-4-16(20)14-18/h3-9,14H,2,10-13H2,1H3,(H,21,26). The molecule has 1 aliphatic heterocycles. The van der Waals surface area contributed by atoms with Gasteiger partial charge in [-0.2, -0.15) is 4.31 Å². The molecular formula is C19H22FN3O2S2. The van der Waals surface area contributed by atoms with E-state index in [1.165, 1.54) is 28.1 Å². The number of hydrogen-bond donors (Lipinski definition) is 1. The molecule has 5 nitrogen and oxygen atoms in total. The highest BCUT2D eigenvalue weighted by Gasteiger charge is 2.29. The lowest BCUT2D eigenvalue weighted by Gasteiger charge is -2.35. The van der Waals surface area contributed by atoms with Crippen molar-refractivity contribution in [2.75, 3.05) is 31.5 Å². The summed E-state index contributed by atoms with van der Waals surface area (Å²) in [6, 6.07) is 13.2. The lowest BCUT2D eigenvalue weighted by molar-refractivity contribution is 0.268. The van der Waals surface area contributed by atoms with Gasteiger partial charge in [-0.15, -0.1) is 0 Å². The summed E-state index contributed by atoms with van der Waals surface area (Å²) in [6.07, 6.45) is 0.979. The molecule has 0 aromatic heterocycles. The van der Waals surface area contributed by atoms with Crippen molar-refractivity contribution >= 4 is 33.0 Å². The van der Waals surface area contributed by atoms with Crippen LogP contribution in [0.4, 0.5) is 10.1 Å². The van der Waals surface area contributed by atoms with Crippen molar-refractivity contribution in [2.24, 2.45) is 0 Å². The first-order chi connectivity index (χ1) is 12.9. The molecule has 0 aliphatic carbocycles. The Morgan fingerprint density at radius 1 is 1.11 bits per heavy atom. The van der Waals surface area contributed by atoms with Crippen LogP contribution in [-0.2, 0) is 16.4 Å². The number of anilines is 1. The normalized spacial score (nSPS) is 15.6. The van der Waals surface area contributed by atoms with E-state index in [1.54, 1.807) is 0 Å². The zero-order valence-corrected chi connectivity index (χ0v) is 16.7. The maximum atomic E-state index is 13.4. The molecule has 0 amide bonds. The van der Waals surface area contributed by atoms with E-state index < -0.39 is 15.8 Å². The zero-order chi connectivity index (χ0) is 19.4. The summed E-state index contributed by atoms with van der Waals surface area (Å²) in [5.41, 5.74) is 2.16. The molecule has 2 aromatic rings. The third kappa shape index (κ3) is 4.63. The number of piperazine rings is 1. The van der Waals surface area contributed by atoms with E-state index in [0.29, 0.717) is 31.3 Å². The monoisotopic (exact) mass is 407 g/mol. The average molecular weight is 408 g/mol. The van der Waals surface area contributed by atoms with Gasteiger partial charge in [0.2, 0.25) is 10.0 Å². The fraction of sp³-hybridized carbons (Fsp3) is 0.316. The van der Waals surface area contributed by atoms with E-state index in [4.69, 9.17) is 12.2 Å². The van der Waals surface area contributed by atoms with Gasteiger partial charge in [-0.3, -0.25) is 0 Å². The SMILES string of the molecule is CCc1ccc(NC(=S)N2CCN(S(=O)(=O)c3cccc(F)c3)CC2)cc1. The Hall–Kier alpha value is -2.03. The summed E-state index contributed by atoms with van der Waals surface area (Å²) >= 11 is 5.46. The van der Waals surface area contributed by atoms with Gasteiger partial charge in [-0.25, -0.2) is 12.8 Å². The average Bonchev–Trinajstić information content (AvgIpc) is 2.68. The largest absolute Gasteiger partial charge is 0.346 e. The first-order valence-corrected chi connectivity index (χ1v) is 10.7. The first kappa shape index (κ1) is 19.7. The van der Waals surface area contributed by atoms with Gasteiger partial charge in [0, 0.05) is 31.9 Å². The van der Waals surface area contributed by atoms with Crippen LogP contribution < -0.4 is 5.32 Å². The van der Waals surface area contributed by atoms with Gasteiger partial charge < -0.3 is 10.2 Å². The van der Waals surface area contributed by atoms with Gasteiger partial charge >= 0.3 is 0 Å². The second-order valence-corrected chi connectivity index (χ2v) is 8.65. The second kappa shape index (κ2) is 8.33. The van der Waals surface area contributed by atoms with E-state index in [0.717, 1.165) is 18.2 Å². The van der Waals surface area contributed by atoms with Crippen molar-refractivity contribution in [2.45, 2.75) is 18.2 Å². The smallest absolute Gasteiger partial charge is 0.243 e. The van der Waals surface area contributed by atoms with Crippen molar-refractivity contribution in [3.05, 3.63) is 59.9 Å². The fourth-order valence-corrected chi connectivity index (χ4v) is 4.69. The van der Waals surface area contributed by atoms with Crippen molar-refractivity contribution in [3.8, 4) is 0 Å². The van der Waals surface area contributed by atoms with E-state index >= 15 is 0 Å². The molecule has 1 aliphatic rings. The van der Waals surface area contributed by atoms with Crippen molar-refractivity contribution in [3.63, 3.8) is 0 Å². The molecule has 0 atom stereocenters. The van der Waals surface area contributed by atoms with E-state index in [-0.39, 0.29) is 4.90 Å². The Labute approximate surface area is 164 Å². The van der Waals surface area contributed by atoms with Gasteiger partial charge in [-0.05, 0) is 54.5 Å². The molecule has 1 heterocycles. The van der Waals surface area contributed by atoms with Crippen LogP contribution in [0.5, 0.6) is 0 Å². The molecule has 1 saturated heterocycles. The topological polar surface area (TPSA) is 52.6 Å².